The minimum atomic E-state index is -0.585. The highest BCUT2D eigenvalue weighted by Gasteiger charge is 2.43. The van der Waals surface area contributed by atoms with Crippen molar-refractivity contribution in [3.8, 4) is 0 Å². The predicted octanol–water partition coefficient (Wildman–Crippen LogP) is 0.0765. The van der Waals surface area contributed by atoms with E-state index in [9.17, 15) is 9.59 Å². The Morgan fingerprint density at radius 1 is 1.57 bits per heavy atom. The molecule has 0 heterocycles. The number of amides is 2. The third-order valence-electron chi connectivity index (χ3n) is 2.63. The van der Waals surface area contributed by atoms with Gasteiger partial charge in [0.15, 0.2) is 0 Å². The number of carbonyl (C=O) groups excluding carboxylic acids is 2. The van der Waals surface area contributed by atoms with Gasteiger partial charge in [-0.3, -0.25) is 9.59 Å². The van der Waals surface area contributed by atoms with Crippen LogP contribution in [0.25, 0.3) is 0 Å². The normalized spacial score (nSPS) is 19.9. The molecular formula is C9H16N2O2S. The summed E-state index contributed by atoms with van der Waals surface area (Å²) in [4.78, 5) is 22.1. The summed E-state index contributed by atoms with van der Waals surface area (Å²) in [5, 5.41) is 2.56. The molecule has 1 saturated carbocycles. The van der Waals surface area contributed by atoms with Gasteiger partial charge >= 0.3 is 0 Å². The van der Waals surface area contributed by atoms with Crippen molar-refractivity contribution in [1.82, 2.24) is 5.32 Å². The second-order valence-electron chi connectivity index (χ2n) is 4.03. The maximum absolute atomic E-state index is 11.4. The van der Waals surface area contributed by atoms with Crippen LogP contribution in [-0.4, -0.2) is 23.6 Å². The highest BCUT2D eigenvalue weighted by atomic mass is 32.1. The molecule has 0 radical (unpaired) electrons. The van der Waals surface area contributed by atoms with Crippen molar-refractivity contribution in [2.45, 2.75) is 32.2 Å². The average Bonchev–Trinajstić information content (AvgIpc) is 2.85. The number of hydrogen-bond donors (Lipinski definition) is 3. The van der Waals surface area contributed by atoms with Crippen molar-refractivity contribution < 1.29 is 9.59 Å². The van der Waals surface area contributed by atoms with Gasteiger partial charge in [-0.15, -0.1) is 0 Å². The number of primary amides is 1. The van der Waals surface area contributed by atoms with Gasteiger partial charge in [0.05, 0.1) is 0 Å². The van der Waals surface area contributed by atoms with E-state index in [1.807, 2.05) is 0 Å². The van der Waals surface area contributed by atoms with Crippen LogP contribution in [0.1, 0.15) is 26.2 Å². The molecule has 0 aromatic carbocycles. The summed E-state index contributed by atoms with van der Waals surface area (Å²) in [5.41, 5.74) is 5.12. The lowest BCUT2D eigenvalue weighted by Gasteiger charge is -2.14. The SMILES string of the molecule is CC(NC(=O)CC1(CS)CC1)C(N)=O. The molecule has 1 unspecified atom stereocenters. The van der Waals surface area contributed by atoms with Gasteiger partial charge in [0, 0.05) is 6.42 Å². The Morgan fingerprint density at radius 2 is 2.14 bits per heavy atom. The van der Waals surface area contributed by atoms with E-state index in [2.05, 4.69) is 17.9 Å². The van der Waals surface area contributed by atoms with Crippen molar-refractivity contribution in [3.05, 3.63) is 0 Å². The van der Waals surface area contributed by atoms with E-state index in [0.717, 1.165) is 18.6 Å². The fourth-order valence-corrected chi connectivity index (χ4v) is 1.70. The Bertz CT molecular complexity index is 251. The molecule has 0 aromatic rings. The van der Waals surface area contributed by atoms with Gasteiger partial charge in [-0.2, -0.15) is 12.6 Å². The van der Waals surface area contributed by atoms with Crippen LogP contribution in [0.5, 0.6) is 0 Å². The predicted molar refractivity (Wildman–Crippen MR) is 56.9 cm³/mol. The van der Waals surface area contributed by atoms with E-state index >= 15 is 0 Å². The Balaban J connectivity index is 2.32. The topological polar surface area (TPSA) is 72.2 Å². The van der Waals surface area contributed by atoms with Crippen LogP contribution in [0.15, 0.2) is 0 Å². The number of nitrogens with two attached hydrogens (primary N) is 1. The first-order valence-electron chi connectivity index (χ1n) is 4.69. The van der Waals surface area contributed by atoms with Gasteiger partial charge in [0.2, 0.25) is 11.8 Å². The third kappa shape index (κ3) is 2.90. The molecule has 14 heavy (non-hydrogen) atoms. The molecule has 1 rings (SSSR count). The molecule has 5 heteroatoms. The molecule has 4 nitrogen and oxygen atoms in total. The van der Waals surface area contributed by atoms with Crippen molar-refractivity contribution in [1.29, 1.82) is 0 Å². The van der Waals surface area contributed by atoms with Crippen LogP contribution in [-0.2, 0) is 9.59 Å². The monoisotopic (exact) mass is 216 g/mol. The third-order valence-corrected chi connectivity index (χ3v) is 3.30. The molecule has 0 bridgehead atoms. The van der Waals surface area contributed by atoms with Crippen LogP contribution in [0.4, 0.5) is 0 Å². The van der Waals surface area contributed by atoms with Crippen LogP contribution in [0, 0.1) is 5.41 Å². The van der Waals surface area contributed by atoms with Crippen molar-refractivity contribution in [2.75, 3.05) is 5.75 Å². The van der Waals surface area contributed by atoms with Crippen LogP contribution in [0.2, 0.25) is 0 Å². The molecule has 2 amide bonds. The summed E-state index contributed by atoms with van der Waals surface area (Å²) in [6, 6.07) is -0.585. The minimum absolute atomic E-state index is 0.0879. The number of hydrogen-bond acceptors (Lipinski definition) is 3. The van der Waals surface area contributed by atoms with Crippen LogP contribution < -0.4 is 11.1 Å². The maximum Gasteiger partial charge on any atom is 0.239 e. The molecule has 0 aromatic heterocycles. The van der Waals surface area contributed by atoms with E-state index in [1.165, 1.54) is 0 Å². The summed E-state index contributed by atoms with van der Waals surface area (Å²) in [5.74, 6) is 0.114. The number of carbonyl (C=O) groups is 2. The van der Waals surface area contributed by atoms with Crippen molar-refractivity contribution in [2.24, 2.45) is 11.1 Å². The van der Waals surface area contributed by atoms with E-state index in [1.54, 1.807) is 6.92 Å². The quantitative estimate of drug-likeness (QED) is 0.569. The summed E-state index contributed by atoms with van der Waals surface area (Å²) in [7, 11) is 0. The molecule has 0 saturated heterocycles. The smallest absolute Gasteiger partial charge is 0.239 e. The maximum atomic E-state index is 11.4. The second-order valence-corrected chi connectivity index (χ2v) is 4.34. The molecule has 1 fully saturated rings. The molecular weight excluding hydrogens is 200 g/mol. The first-order valence-corrected chi connectivity index (χ1v) is 5.32. The lowest BCUT2D eigenvalue weighted by atomic mass is 10.0. The fraction of sp³-hybridized carbons (Fsp3) is 0.778. The zero-order valence-corrected chi connectivity index (χ0v) is 9.14. The summed E-state index contributed by atoms with van der Waals surface area (Å²) < 4.78 is 0. The Hall–Kier alpha value is -0.710. The average molecular weight is 216 g/mol. The molecule has 1 atom stereocenters. The first kappa shape index (κ1) is 11.4. The summed E-state index contributed by atoms with van der Waals surface area (Å²) in [6.07, 6.45) is 2.55. The van der Waals surface area contributed by atoms with E-state index in [0.29, 0.717) is 6.42 Å². The van der Waals surface area contributed by atoms with Crippen molar-refractivity contribution in [3.63, 3.8) is 0 Å². The van der Waals surface area contributed by atoms with Gasteiger partial charge in [-0.05, 0) is 30.9 Å². The van der Waals surface area contributed by atoms with E-state index < -0.39 is 11.9 Å². The van der Waals surface area contributed by atoms with Crippen LogP contribution in [0.3, 0.4) is 0 Å². The Labute approximate surface area is 89.0 Å². The summed E-state index contributed by atoms with van der Waals surface area (Å²) in [6.45, 7) is 1.58. The van der Waals surface area contributed by atoms with Gasteiger partial charge < -0.3 is 11.1 Å². The number of thiol groups is 1. The Morgan fingerprint density at radius 3 is 2.50 bits per heavy atom. The zero-order chi connectivity index (χ0) is 10.8. The fourth-order valence-electron chi connectivity index (χ4n) is 1.27. The van der Waals surface area contributed by atoms with Crippen molar-refractivity contribution >= 4 is 24.4 Å². The Kier molecular flexibility index (Phi) is 3.42. The van der Waals surface area contributed by atoms with Gasteiger partial charge in [0.1, 0.15) is 6.04 Å². The number of rotatable bonds is 5. The summed E-state index contributed by atoms with van der Waals surface area (Å²) >= 11 is 4.20. The highest BCUT2D eigenvalue weighted by Crippen LogP contribution is 2.49. The minimum Gasteiger partial charge on any atom is -0.368 e. The van der Waals surface area contributed by atoms with Gasteiger partial charge in [-0.25, -0.2) is 0 Å². The molecule has 1 aliphatic carbocycles. The first-order chi connectivity index (χ1) is 6.49. The zero-order valence-electron chi connectivity index (χ0n) is 8.25. The molecule has 80 valence electrons. The lowest BCUT2D eigenvalue weighted by molar-refractivity contribution is -0.127. The van der Waals surface area contributed by atoms with Gasteiger partial charge in [0.25, 0.3) is 0 Å². The molecule has 0 spiro atoms. The van der Waals surface area contributed by atoms with Crippen LogP contribution >= 0.6 is 12.6 Å². The lowest BCUT2D eigenvalue weighted by Crippen LogP contribution is -2.42. The van der Waals surface area contributed by atoms with Gasteiger partial charge in [-0.1, -0.05) is 0 Å². The largest absolute Gasteiger partial charge is 0.368 e. The molecule has 3 N–H and O–H groups in total. The van der Waals surface area contributed by atoms with E-state index in [4.69, 9.17) is 5.73 Å². The standard InChI is InChI=1S/C9H16N2O2S/c1-6(8(10)13)11-7(12)4-9(5-14)2-3-9/h6,14H,2-5H2,1H3,(H2,10,13)(H,11,12). The molecule has 0 aliphatic heterocycles. The number of nitrogens with one attached hydrogen (secondary N) is 1. The molecule has 1 aliphatic rings. The van der Waals surface area contributed by atoms with E-state index in [-0.39, 0.29) is 11.3 Å². The highest BCUT2D eigenvalue weighted by molar-refractivity contribution is 7.80. The second kappa shape index (κ2) is 4.21.